The smallest absolute Gasteiger partial charge is 0.290 e. The first kappa shape index (κ1) is 18.7. The van der Waals surface area contributed by atoms with E-state index >= 15 is 0 Å². The minimum Gasteiger partial charge on any atom is -0.455 e. The first-order valence-electron chi connectivity index (χ1n) is 9.82. The molecule has 4 rings (SSSR count). The fraction of sp³-hybridized carbons (Fsp3) is 0.455. The summed E-state index contributed by atoms with van der Waals surface area (Å²) in [7, 11) is 0. The average Bonchev–Trinajstić information content (AvgIpc) is 3.02. The van der Waals surface area contributed by atoms with Gasteiger partial charge in [-0.05, 0) is 30.9 Å². The second-order valence-corrected chi connectivity index (χ2v) is 8.31. The van der Waals surface area contributed by atoms with E-state index in [-0.39, 0.29) is 11.3 Å². The van der Waals surface area contributed by atoms with E-state index in [0.29, 0.717) is 32.1 Å². The summed E-state index contributed by atoms with van der Waals surface area (Å²) in [5.41, 5.74) is 6.93. The van der Waals surface area contributed by atoms with Crippen LogP contribution in [0.2, 0.25) is 0 Å². The number of benzene rings is 1. The van der Waals surface area contributed by atoms with Crippen LogP contribution in [0, 0.1) is 12.3 Å². The maximum absolute atomic E-state index is 13.0. The van der Waals surface area contributed by atoms with Crippen molar-refractivity contribution in [3.63, 3.8) is 0 Å². The maximum atomic E-state index is 13.0. The lowest BCUT2D eigenvalue weighted by atomic mass is 9.75. The number of rotatable bonds is 3. The molecule has 0 spiro atoms. The summed E-state index contributed by atoms with van der Waals surface area (Å²) in [6.45, 7) is 8.73. The number of anilines is 1. The highest BCUT2D eigenvalue weighted by Gasteiger charge is 2.37. The van der Waals surface area contributed by atoms with Crippen LogP contribution in [0.3, 0.4) is 0 Å². The monoisotopic (exact) mass is 381 g/mol. The van der Waals surface area contributed by atoms with Crippen LogP contribution in [0.1, 0.15) is 47.7 Å². The van der Waals surface area contributed by atoms with Crippen LogP contribution >= 0.6 is 0 Å². The third kappa shape index (κ3) is 3.69. The minimum absolute atomic E-state index is 0.0216. The van der Waals surface area contributed by atoms with Gasteiger partial charge < -0.3 is 14.1 Å². The number of carbonyl (C=O) groups is 1. The SMILES string of the molecule is Cc1c(C(=O)N2CCOCC2)oc2c1/C(=N\Nc1ccccc1)CC(C)(C)C2. The fourth-order valence-corrected chi connectivity index (χ4v) is 3.97. The van der Waals surface area contributed by atoms with Crippen molar-refractivity contribution >= 4 is 17.3 Å². The van der Waals surface area contributed by atoms with E-state index in [9.17, 15) is 4.79 Å². The van der Waals surface area contributed by atoms with Crippen molar-refractivity contribution in [1.29, 1.82) is 0 Å². The molecule has 148 valence electrons. The molecule has 1 aromatic carbocycles. The highest BCUT2D eigenvalue weighted by molar-refractivity contribution is 6.07. The van der Waals surface area contributed by atoms with E-state index in [1.54, 1.807) is 0 Å². The van der Waals surface area contributed by atoms with Gasteiger partial charge in [0.15, 0.2) is 5.76 Å². The molecule has 2 aromatic rings. The van der Waals surface area contributed by atoms with Crippen molar-refractivity contribution < 1.29 is 13.9 Å². The minimum atomic E-state index is -0.0524. The largest absolute Gasteiger partial charge is 0.455 e. The Balaban J connectivity index is 1.68. The number of carbonyl (C=O) groups excluding carboxylic acids is 1. The van der Waals surface area contributed by atoms with Gasteiger partial charge in [-0.25, -0.2) is 0 Å². The second-order valence-electron chi connectivity index (χ2n) is 8.31. The number of furan rings is 1. The number of fused-ring (bicyclic) bond motifs is 1. The van der Waals surface area contributed by atoms with Crippen LogP contribution in [0.5, 0.6) is 0 Å². The van der Waals surface area contributed by atoms with Crippen molar-refractivity contribution in [3.8, 4) is 0 Å². The quantitative estimate of drug-likeness (QED) is 0.820. The van der Waals surface area contributed by atoms with Crippen LogP contribution in [-0.4, -0.2) is 42.8 Å². The Labute approximate surface area is 165 Å². The molecule has 0 bridgehead atoms. The molecule has 28 heavy (non-hydrogen) atoms. The molecule has 1 amide bonds. The third-order valence-electron chi connectivity index (χ3n) is 5.38. The topological polar surface area (TPSA) is 67.1 Å². The molecule has 6 heteroatoms. The fourth-order valence-electron chi connectivity index (χ4n) is 3.97. The predicted molar refractivity (Wildman–Crippen MR) is 109 cm³/mol. The molecule has 6 nitrogen and oxygen atoms in total. The van der Waals surface area contributed by atoms with Gasteiger partial charge in [0, 0.05) is 30.6 Å². The first-order chi connectivity index (χ1) is 13.4. The van der Waals surface area contributed by atoms with E-state index < -0.39 is 0 Å². The van der Waals surface area contributed by atoms with Gasteiger partial charge in [0.1, 0.15) is 5.76 Å². The number of para-hydroxylation sites is 1. The molecule has 0 unspecified atom stereocenters. The van der Waals surface area contributed by atoms with Crippen molar-refractivity contribution in [3.05, 3.63) is 53.0 Å². The van der Waals surface area contributed by atoms with Gasteiger partial charge in [-0.2, -0.15) is 5.10 Å². The van der Waals surface area contributed by atoms with Gasteiger partial charge in [0.05, 0.1) is 24.6 Å². The number of amides is 1. The number of nitrogens with zero attached hydrogens (tertiary/aromatic N) is 2. The normalized spacial score (nSPS) is 20.1. The Morgan fingerprint density at radius 2 is 1.86 bits per heavy atom. The number of hydrogen-bond acceptors (Lipinski definition) is 5. The zero-order chi connectivity index (χ0) is 19.7. The molecule has 1 saturated heterocycles. The summed E-state index contributed by atoms with van der Waals surface area (Å²) in [6.07, 6.45) is 1.62. The highest BCUT2D eigenvalue weighted by atomic mass is 16.5. The summed E-state index contributed by atoms with van der Waals surface area (Å²) in [6, 6.07) is 9.88. The van der Waals surface area contributed by atoms with Gasteiger partial charge in [-0.3, -0.25) is 10.2 Å². The summed E-state index contributed by atoms with van der Waals surface area (Å²) in [4.78, 5) is 14.8. The lowest BCUT2D eigenvalue weighted by Gasteiger charge is -2.29. The first-order valence-corrected chi connectivity index (χ1v) is 9.82. The Morgan fingerprint density at radius 1 is 1.14 bits per heavy atom. The van der Waals surface area contributed by atoms with Gasteiger partial charge in [-0.15, -0.1) is 0 Å². The molecule has 0 atom stereocenters. The number of morpholine rings is 1. The van der Waals surface area contributed by atoms with E-state index in [2.05, 4.69) is 19.3 Å². The summed E-state index contributed by atoms with van der Waals surface area (Å²) >= 11 is 0. The molecule has 1 aliphatic carbocycles. The second kappa shape index (κ2) is 7.43. The van der Waals surface area contributed by atoms with Crippen LogP contribution in [0.25, 0.3) is 0 Å². The number of hydrazone groups is 1. The molecular formula is C22H27N3O3. The number of ether oxygens (including phenoxy) is 1. The number of nitrogens with one attached hydrogen (secondary N) is 1. The van der Waals surface area contributed by atoms with Crippen LogP contribution in [0.15, 0.2) is 39.9 Å². The van der Waals surface area contributed by atoms with Gasteiger partial charge in [0.2, 0.25) is 0 Å². The Kier molecular flexibility index (Phi) is 4.98. The molecule has 0 radical (unpaired) electrons. The average molecular weight is 381 g/mol. The molecular weight excluding hydrogens is 354 g/mol. The van der Waals surface area contributed by atoms with Crippen LogP contribution in [0.4, 0.5) is 5.69 Å². The predicted octanol–water partition coefficient (Wildman–Crippen LogP) is 3.85. The Morgan fingerprint density at radius 3 is 2.57 bits per heavy atom. The maximum Gasteiger partial charge on any atom is 0.290 e. The lowest BCUT2D eigenvalue weighted by molar-refractivity contribution is 0.0280. The zero-order valence-electron chi connectivity index (χ0n) is 16.7. The standard InChI is InChI=1S/C22H27N3O3/c1-15-19-17(24-23-16-7-5-4-6-8-16)13-22(2,3)14-18(19)28-20(15)21(26)25-9-11-27-12-10-25/h4-8,23H,9-14H2,1-3H3/b24-17-. The van der Waals surface area contributed by atoms with Crippen molar-refractivity contribution in [2.75, 3.05) is 31.7 Å². The van der Waals surface area contributed by atoms with E-state index in [0.717, 1.165) is 41.1 Å². The van der Waals surface area contributed by atoms with E-state index in [1.165, 1.54) is 0 Å². The molecule has 1 fully saturated rings. The molecule has 2 aliphatic rings. The lowest BCUT2D eigenvalue weighted by Crippen LogP contribution is -2.40. The summed E-state index contributed by atoms with van der Waals surface area (Å²) < 4.78 is 11.5. The molecule has 1 aliphatic heterocycles. The van der Waals surface area contributed by atoms with Crippen molar-refractivity contribution in [2.24, 2.45) is 10.5 Å². The van der Waals surface area contributed by atoms with Crippen LogP contribution < -0.4 is 5.43 Å². The van der Waals surface area contributed by atoms with Gasteiger partial charge >= 0.3 is 0 Å². The highest BCUT2D eigenvalue weighted by Crippen LogP contribution is 2.39. The Bertz CT molecular complexity index is 893. The van der Waals surface area contributed by atoms with Gasteiger partial charge in [-0.1, -0.05) is 32.0 Å². The third-order valence-corrected chi connectivity index (χ3v) is 5.38. The number of hydrogen-bond donors (Lipinski definition) is 1. The molecule has 1 N–H and O–H groups in total. The van der Waals surface area contributed by atoms with Crippen molar-refractivity contribution in [1.82, 2.24) is 4.90 Å². The zero-order valence-corrected chi connectivity index (χ0v) is 16.7. The summed E-state index contributed by atoms with van der Waals surface area (Å²) in [5, 5.41) is 4.70. The summed E-state index contributed by atoms with van der Waals surface area (Å²) in [5.74, 6) is 1.25. The van der Waals surface area contributed by atoms with E-state index in [1.807, 2.05) is 42.2 Å². The van der Waals surface area contributed by atoms with Crippen LogP contribution in [-0.2, 0) is 11.2 Å². The Hall–Kier alpha value is -2.60. The van der Waals surface area contributed by atoms with Crippen molar-refractivity contribution in [2.45, 2.75) is 33.6 Å². The van der Waals surface area contributed by atoms with Gasteiger partial charge in [0.25, 0.3) is 5.91 Å². The molecule has 0 saturated carbocycles. The molecule has 2 heterocycles. The molecule has 1 aromatic heterocycles. The van der Waals surface area contributed by atoms with E-state index in [4.69, 9.17) is 14.3 Å².